The topological polar surface area (TPSA) is 139 Å². The van der Waals surface area contributed by atoms with E-state index in [-0.39, 0.29) is 30.4 Å². The number of aromatic nitrogens is 2. The molecule has 0 bridgehead atoms. The van der Waals surface area contributed by atoms with Gasteiger partial charge in [-0.25, -0.2) is 4.98 Å². The summed E-state index contributed by atoms with van der Waals surface area (Å²) >= 11 is 0. The molecule has 9 nitrogen and oxygen atoms in total. The lowest BCUT2D eigenvalue weighted by atomic mass is 9.91. The number of amides is 1. The second kappa shape index (κ2) is 10.1. The molecule has 2 atom stereocenters. The third kappa shape index (κ3) is 5.74. The van der Waals surface area contributed by atoms with Gasteiger partial charge in [-0.05, 0) is 12.0 Å². The highest BCUT2D eigenvalue weighted by molar-refractivity contribution is 5.97. The van der Waals surface area contributed by atoms with Gasteiger partial charge in [0.05, 0.1) is 13.2 Å². The number of imidazole rings is 1. The van der Waals surface area contributed by atoms with Crippen LogP contribution in [0.5, 0.6) is 0 Å². The van der Waals surface area contributed by atoms with Crippen LogP contribution >= 0.6 is 0 Å². The zero-order valence-electron chi connectivity index (χ0n) is 16.6. The van der Waals surface area contributed by atoms with Crippen LogP contribution in [0.25, 0.3) is 0 Å². The first-order valence-electron chi connectivity index (χ1n) is 9.90. The Balaban J connectivity index is 1.75. The molecule has 0 spiro atoms. The fraction of sp³-hybridized carbons (Fsp3) is 0.429. The minimum absolute atomic E-state index is 0.0334. The average molecular weight is 414 g/mol. The van der Waals surface area contributed by atoms with E-state index in [4.69, 9.17) is 15.6 Å². The molecule has 4 N–H and O–H groups in total. The molecule has 0 radical (unpaired) electrons. The number of Topliss-reactive ketones (excluding diaryl/α,β-unsaturated/α-hetero) is 1. The first-order chi connectivity index (χ1) is 14.4. The van der Waals surface area contributed by atoms with E-state index < -0.39 is 17.9 Å². The molecule has 0 unspecified atom stereocenters. The molecule has 1 aliphatic rings. The van der Waals surface area contributed by atoms with Crippen LogP contribution in [0.2, 0.25) is 0 Å². The fourth-order valence-corrected chi connectivity index (χ4v) is 3.41. The number of hydrogen-bond donors (Lipinski definition) is 3. The number of aliphatic carboxylic acids is 1. The van der Waals surface area contributed by atoms with Crippen LogP contribution in [0, 0.1) is 5.92 Å². The number of ketones is 1. The minimum Gasteiger partial charge on any atom is -0.480 e. The van der Waals surface area contributed by atoms with Crippen LogP contribution in [0.15, 0.2) is 36.5 Å². The summed E-state index contributed by atoms with van der Waals surface area (Å²) in [7, 11) is 0. The zero-order valence-corrected chi connectivity index (χ0v) is 16.6. The minimum atomic E-state index is -1.13. The van der Waals surface area contributed by atoms with E-state index in [1.165, 1.54) is 6.20 Å². The van der Waals surface area contributed by atoms with E-state index in [2.05, 4.69) is 9.97 Å². The monoisotopic (exact) mass is 414 g/mol. The summed E-state index contributed by atoms with van der Waals surface area (Å²) in [4.78, 5) is 45.6. The molecule has 1 fully saturated rings. The largest absolute Gasteiger partial charge is 0.480 e. The average Bonchev–Trinajstić information content (AvgIpc) is 3.22. The summed E-state index contributed by atoms with van der Waals surface area (Å²) in [6.07, 6.45) is 1.92. The highest BCUT2D eigenvalue weighted by Crippen LogP contribution is 2.19. The van der Waals surface area contributed by atoms with Crippen LogP contribution in [0.1, 0.15) is 28.3 Å². The molecule has 0 aliphatic carbocycles. The SMILES string of the molecule is N[C@H](Cc1cnc(C(=O)[C@@H](CC(=O)N2CCOCC2)Cc2ccccc2)[nH]1)C(=O)O. The molecule has 1 aromatic heterocycles. The maximum absolute atomic E-state index is 13.2. The predicted molar refractivity (Wildman–Crippen MR) is 108 cm³/mol. The van der Waals surface area contributed by atoms with E-state index in [1.54, 1.807) is 4.90 Å². The third-order valence-electron chi connectivity index (χ3n) is 5.10. The fourth-order valence-electron chi connectivity index (χ4n) is 3.41. The molecule has 1 aromatic carbocycles. The Morgan fingerprint density at radius 1 is 1.17 bits per heavy atom. The van der Waals surface area contributed by atoms with Gasteiger partial charge in [0.1, 0.15) is 6.04 Å². The number of carbonyl (C=O) groups excluding carboxylic acids is 2. The van der Waals surface area contributed by atoms with E-state index in [0.29, 0.717) is 38.4 Å². The third-order valence-corrected chi connectivity index (χ3v) is 5.10. The standard InChI is InChI=1S/C21H26N4O5/c22-17(21(28)29)12-16-13-23-20(24-16)19(27)15(10-14-4-2-1-3-5-14)11-18(26)25-6-8-30-9-7-25/h1-5,13,15,17H,6-12,22H2,(H,23,24)(H,28,29)/t15-,17-/m1/s1. The Bertz CT molecular complexity index is 877. The summed E-state index contributed by atoms with van der Waals surface area (Å²) in [5.74, 6) is -1.98. The van der Waals surface area contributed by atoms with Crippen LogP contribution in [0.3, 0.4) is 0 Å². The quantitative estimate of drug-likeness (QED) is 0.512. The van der Waals surface area contributed by atoms with Gasteiger partial charge < -0.3 is 25.5 Å². The summed E-state index contributed by atoms with van der Waals surface area (Å²) in [5, 5.41) is 8.96. The van der Waals surface area contributed by atoms with Gasteiger partial charge in [0.2, 0.25) is 11.7 Å². The normalized spacial score (nSPS) is 16.1. The second-order valence-electron chi connectivity index (χ2n) is 7.35. The molecule has 1 amide bonds. The van der Waals surface area contributed by atoms with Gasteiger partial charge >= 0.3 is 5.97 Å². The number of carboxylic acid groups (broad SMARTS) is 1. The Labute approximate surface area is 174 Å². The van der Waals surface area contributed by atoms with Crippen molar-refractivity contribution in [3.8, 4) is 0 Å². The molecule has 1 aliphatic heterocycles. The van der Waals surface area contributed by atoms with Gasteiger partial charge in [0.15, 0.2) is 5.82 Å². The number of hydrogen-bond acceptors (Lipinski definition) is 6. The number of benzene rings is 1. The van der Waals surface area contributed by atoms with Crippen molar-refractivity contribution in [2.75, 3.05) is 26.3 Å². The lowest BCUT2D eigenvalue weighted by Crippen LogP contribution is -2.42. The number of ether oxygens (including phenoxy) is 1. The van der Waals surface area contributed by atoms with Crippen molar-refractivity contribution >= 4 is 17.7 Å². The van der Waals surface area contributed by atoms with Crippen LogP contribution in [-0.2, 0) is 27.2 Å². The molecule has 2 heterocycles. The summed E-state index contributed by atoms with van der Waals surface area (Å²) < 4.78 is 5.29. The lowest BCUT2D eigenvalue weighted by Gasteiger charge is -2.28. The summed E-state index contributed by atoms with van der Waals surface area (Å²) in [6.45, 7) is 2.02. The smallest absolute Gasteiger partial charge is 0.320 e. The van der Waals surface area contributed by atoms with Crippen molar-refractivity contribution in [2.24, 2.45) is 11.7 Å². The van der Waals surface area contributed by atoms with E-state index in [1.807, 2.05) is 30.3 Å². The Morgan fingerprint density at radius 2 is 1.87 bits per heavy atom. The second-order valence-corrected chi connectivity index (χ2v) is 7.35. The molecule has 1 saturated heterocycles. The first-order valence-corrected chi connectivity index (χ1v) is 9.90. The number of nitrogens with zero attached hydrogens (tertiary/aromatic N) is 2. The molecule has 30 heavy (non-hydrogen) atoms. The van der Waals surface area contributed by atoms with E-state index >= 15 is 0 Å². The Morgan fingerprint density at radius 3 is 2.53 bits per heavy atom. The molecule has 3 rings (SSSR count). The maximum Gasteiger partial charge on any atom is 0.320 e. The van der Waals surface area contributed by atoms with Crippen LogP contribution < -0.4 is 5.73 Å². The van der Waals surface area contributed by atoms with Gasteiger partial charge in [-0.15, -0.1) is 0 Å². The van der Waals surface area contributed by atoms with Crippen molar-refractivity contribution in [3.05, 3.63) is 53.6 Å². The predicted octanol–water partition coefficient (Wildman–Crippen LogP) is 0.655. The molecule has 9 heteroatoms. The maximum atomic E-state index is 13.2. The summed E-state index contributed by atoms with van der Waals surface area (Å²) in [5.41, 5.74) is 6.97. The molecule has 0 saturated carbocycles. The molecule has 2 aromatic rings. The van der Waals surface area contributed by atoms with Gasteiger partial charge in [-0.2, -0.15) is 0 Å². The highest BCUT2D eigenvalue weighted by atomic mass is 16.5. The van der Waals surface area contributed by atoms with Crippen LogP contribution in [-0.4, -0.2) is 70.0 Å². The van der Waals surface area contributed by atoms with Crippen molar-refractivity contribution < 1.29 is 24.2 Å². The molecular weight excluding hydrogens is 388 g/mol. The van der Waals surface area contributed by atoms with Crippen LogP contribution in [0.4, 0.5) is 0 Å². The number of carbonyl (C=O) groups is 3. The molecular formula is C21H26N4O5. The van der Waals surface area contributed by atoms with E-state index in [0.717, 1.165) is 5.56 Å². The number of nitrogens with one attached hydrogen (secondary N) is 1. The zero-order chi connectivity index (χ0) is 21.5. The van der Waals surface area contributed by atoms with Gasteiger partial charge in [-0.1, -0.05) is 30.3 Å². The Hall–Kier alpha value is -3.04. The van der Waals surface area contributed by atoms with Crippen molar-refractivity contribution in [2.45, 2.75) is 25.3 Å². The number of rotatable bonds is 9. The van der Waals surface area contributed by atoms with Crippen molar-refractivity contribution in [3.63, 3.8) is 0 Å². The van der Waals surface area contributed by atoms with Gasteiger partial charge in [0, 0.05) is 43.7 Å². The highest BCUT2D eigenvalue weighted by Gasteiger charge is 2.28. The van der Waals surface area contributed by atoms with Gasteiger partial charge in [0.25, 0.3) is 0 Å². The number of aromatic amines is 1. The van der Waals surface area contributed by atoms with Crippen molar-refractivity contribution in [1.82, 2.24) is 14.9 Å². The van der Waals surface area contributed by atoms with Gasteiger partial charge in [-0.3, -0.25) is 14.4 Å². The number of carboxylic acids is 1. The number of H-pyrrole nitrogens is 1. The van der Waals surface area contributed by atoms with E-state index in [9.17, 15) is 14.4 Å². The summed E-state index contributed by atoms with van der Waals surface area (Å²) in [6, 6.07) is 8.41. The molecule has 160 valence electrons. The number of morpholine rings is 1. The first kappa shape index (κ1) is 21.7. The van der Waals surface area contributed by atoms with Crippen molar-refractivity contribution in [1.29, 1.82) is 0 Å². The Kier molecular flexibility index (Phi) is 7.31. The lowest BCUT2D eigenvalue weighted by molar-refractivity contribution is -0.138. The number of nitrogens with two attached hydrogens (primary N) is 1.